The van der Waals surface area contributed by atoms with Gasteiger partial charge in [-0.15, -0.1) is 0 Å². The molecule has 1 aromatic rings. The van der Waals surface area contributed by atoms with Gasteiger partial charge in [0, 0.05) is 22.8 Å². The molecule has 1 atom stereocenters. The van der Waals surface area contributed by atoms with E-state index in [1.54, 1.807) is 7.11 Å². The summed E-state index contributed by atoms with van der Waals surface area (Å²) >= 11 is 3.53. The first-order valence-corrected chi connectivity index (χ1v) is 6.26. The highest BCUT2D eigenvalue weighted by atomic mass is 79.9. The van der Waals surface area contributed by atoms with Crippen LogP contribution in [-0.4, -0.2) is 26.4 Å². The van der Waals surface area contributed by atoms with Crippen LogP contribution in [0.5, 0.6) is 5.75 Å². The smallest absolute Gasteiger partial charge is 0.120 e. The average molecular weight is 286 g/mol. The molecule has 0 amide bonds. The average Bonchev–Trinajstić information content (AvgIpc) is 2.33. The molecular formula is C12H16BrNO2. The Kier molecular flexibility index (Phi) is 4.07. The number of methoxy groups -OCH3 is 1. The van der Waals surface area contributed by atoms with E-state index in [-0.39, 0.29) is 0 Å². The number of halogens is 1. The molecule has 0 radical (unpaired) electrons. The Labute approximate surface area is 104 Å². The third-order valence-electron chi connectivity index (χ3n) is 2.70. The molecule has 0 aromatic heterocycles. The molecule has 4 heteroatoms. The van der Waals surface area contributed by atoms with Gasteiger partial charge in [-0.1, -0.05) is 0 Å². The first kappa shape index (κ1) is 11.7. The van der Waals surface area contributed by atoms with Crippen LogP contribution in [0.2, 0.25) is 0 Å². The first-order valence-electron chi connectivity index (χ1n) is 5.47. The summed E-state index contributed by atoms with van der Waals surface area (Å²) in [5.41, 5.74) is 1.09. The zero-order valence-electron chi connectivity index (χ0n) is 9.33. The summed E-state index contributed by atoms with van der Waals surface area (Å²) in [7, 11) is 1.67. The van der Waals surface area contributed by atoms with E-state index in [9.17, 15) is 0 Å². The second-order valence-electron chi connectivity index (χ2n) is 3.90. The molecule has 1 aliphatic rings. The van der Waals surface area contributed by atoms with E-state index in [0.29, 0.717) is 6.04 Å². The van der Waals surface area contributed by atoms with Crippen LogP contribution in [0.15, 0.2) is 22.7 Å². The van der Waals surface area contributed by atoms with E-state index >= 15 is 0 Å². The topological polar surface area (TPSA) is 30.5 Å². The fraction of sp³-hybridized carbons (Fsp3) is 0.500. The lowest BCUT2D eigenvalue weighted by Gasteiger charge is -2.24. The first-order chi connectivity index (χ1) is 7.79. The molecule has 1 saturated heterocycles. The standard InChI is InChI=1S/C12H16BrNO2/c1-15-10-4-5-12(11(13)7-10)14-9-3-2-6-16-8-9/h4-5,7,9,14H,2-3,6,8H2,1H3. The van der Waals surface area contributed by atoms with Crippen molar-refractivity contribution in [2.45, 2.75) is 18.9 Å². The van der Waals surface area contributed by atoms with Gasteiger partial charge in [-0.05, 0) is 47.0 Å². The van der Waals surface area contributed by atoms with Crippen LogP contribution in [0, 0.1) is 0 Å². The Morgan fingerprint density at radius 3 is 3.00 bits per heavy atom. The molecule has 1 heterocycles. The quantitative estimate of drug-likeness (QED) is 0.926. The summed E-state index contributed by atoms with van der Waals surface area (Å²) in [6, 6.07) is 6.36. The number of rotatable bonds is 3. The Hall–Kier alpha value is -0.740. The van der Waals surface area contributed by atoms with Crippen LogP contribution in [0.3, 0.4) is 0 Å². The molecule has 1 aliphatic heterocycles. The Bertz CT molecular complexity index is 351. The van der Waals surface area contributed by atoms with Crippen molar-refractivity contribution in [3.63, 3.8) is 0 Å². The van der Waals surface area contributed by atoms with Crippen molar-refractivity contribution < 1.29 is 9.47 Å². The van der Waals surface area contributed by atoms with Crippen molar-refractivity contribution in [3.05, 3.63) is 22.7 Å². The lowest BCUT2D eigenvalue weighted by atomic mass is 10.1. The highest BCUT2D eigenvalue weighted by molar-refractivity contribution is 9.10. The summed E-state index contributed by atoms with van der Waals surface area (Å²) in [5.74, 6) is 0.859. The zero-order chi connectivity index (χ0) is 11.4. The molecule has 0 aliphatic carbocycles. The highest BCUT2D eigenvalue weighted by Crippen LogP contribution is 2.28. The van der Waals surface area contributed by atoms with Gasteiger partial charge < -0.3 is 14.8 Å². The van der Waals surface area contributed by atoms with E-state index in [0.717, 1.165) is 35.5 Å². The van der Waals surface area contributed by atoms with Crippen molar-refractivity contribution in [3.8, 4) is 5.75 Å². The minimum atomic E-state index is 0.415. The van der Waals surface area contributed by atoms with Crippen molar-refractivity contribution in [2.75, 3.05) is 25.6 Å². The summed E-state index contributed by atoms with van der Waals surface area (Å²) in [6.07, 6.45) is 2.30. The van der Waals surface area contributed by atoms with Crippen LogP contribution < -0.4 is 10.1 Å². The fourth-order valence-corrected chi connectivity index (χ4v) is 2.29. The van der Waals surface area contributed by atoms with Crippen molar-refractivity contribution in [1.29, 1.82) is 0 Å². The minimum absolute atomic E-state index is 0.415. The van der Waals surface area contributed by atoms with Crippen LogP contribution in [-0.2, 0) is 4.74 Å². The zero-order valence-corrected chi connectivity index (χ0v) is 10.9. The van der Waals surface area contributed by atoms with Crippen LogP contribution in [0.4, 0.5) is 5.69 Å². The summed E-state index contributed by atoms with van der Waals surface area (Å²) in [5, 5.41) is 3.47. The summed E-state index contributed by atoms with van der Waals surface area (Å²) in [4.78, 5) is 0. The van der Waals surface area contributed by atoms with Gasteiger partial charge in [-0.3, -0.25) is 0 Å². The second kappa shape index (κ2) is 5.55. The lowest BCUT2D eigenvalue weighted by molar-refractivity contribution is 0.0876. The molecule has 88 valence electrons. The molecule has 1 aromatic carbocycles. The van der Waals surface area contributed by atoms with Gasteiger partial charge in [0.2, 0.25) is 0 Å². The van der Waals surface area contributed by atoms with Gasteiger partial charge in [-0.2, -0.15) is 0 Å². The lowest BCUT2D eigenvalue weighted by Crippen LogP contribution is -2.30. The number of ether oxygens (including phenoxy) is 2. The SMILES string of the molecule is COc1ccc(NC2CCCOC2)c(Br)c1. The Balaban J connectivity index is 2.03. The maximum Gasteiger partial charge on any atom is 0.120 e. The maximum absolute atomic E-state index is 5.44. The normalized spacial score (nSPS) is 20.5. The molecule has 1 N–H and O–H groups in total. The van der Waals surface area contributed by atoms with Gasteiger partial charge in [0.25, 0.3) is 0 Å². The number of hydrogen-bond donors (Lipinski definition) is 1. The Morgan fingerprint density at radius 1 is 1.50 bits per heavy atom. The van der Waals surface area contributed by atoms with E-state index < -0.39 is 0 Å². The van der Waals surface area contributed by atoms with Crippen LogP contribution in [0.25, 0.3) is 0 Å². The minimum Gasteiger partial charge on any atom is -0.497 e. The van der Waals surface area contributed by atoms with Gasteiger partial charge in [-0.25, -0.2) is 0 Å². The van der Waals surface area contributed by atoms with Gasteiger partial charge in [0.15, 0.2) is 0 Å². The van der Waals surface area contributed by atoms with Crippen molar-refractivity contribution in [1.82, 2.24) is 0 Å². The van der Waals surface area contributed by atoms with E-state index in [1.807, 2.05) is 18.2 Å². The number of benzene rings is 1. The molecule has 2 rings (SSSR count). The van der Waals surface area contributed by atoms with E-state index in [1.165, 1.54) is 6.42 Å². The van der Waals surface area contributed by atoms with E-state index in [2.05, 4.69) is 21.2 Å². The molecule has 3 nitrogen and oxygen atoms in total. The van der Waals surface area contributed by atoms with Crippen LogP contribution in [0.1, 0.15) is 12.8 Å². The Morgan fingerprint density at radius 2 is 2.38 bits per heavy atom. The molecule has 0 saturated carbocycles. The fourth-order valence-electron chi connectivity index (χ4n) is 1.81. The summed E-state index contributed by atoms with van der Waals surface area (Å²) in [6.45, 7) is 1.68. The largest absolute Gasteiger partial charge is 0.497 e. The summed E-state index contributed by atoms with van der Waals surface area (Å²) < 4.78 is 11.6. The molecule has 0 bridgehead atoms. The molecule has 0 spiro atoms. The third-order valence-corrected chi connectivity index (χ3v) is 3.35. The monoisotopic (exact) mass is 285 g/mol. The van der Waals surface area contributed by atoms with Crippen molar-refractivity contribution >= 4 is 21.6 Å². The van der Waals surface area contributed by atoms with Crippen LogP contribution >= 0.6 is 15.9 Å². The number of nitrogens with one attached hydrogen (secondary N) is 1. The molecule has 1 unspecified atom stereocenters. The maximum atomic E-state index is 5.44. The molecule has 16 heavy (non-hydrogen) atoms. The number of anilines is 1. The van der Waals surface area contributed by atoms with Gasteiger partial charge in [0.1, 0.15) is 5.75 Å². The van der Waals surface area contributed by atoms with Crippen molar-refractivity contribution in [2.24, 2.45) is 0 Å². The number of hydrogen-bond acceptors (Lipinski definition) is 3. The highest BCUT2D eigenvalue weighted by Gasteiger charge is 2.14. The second-order valence-corrected chi connectivity index (χ2v) is 4.76. The van der Waals surface area contributed by atoms with Gasteiger partial charge >= 0.3 is 0 Å². The predicted octanol–water partition coefficient (Wildman–Crippen LogP) is 3.05. The molecular weight excluding hydrogens is 270 g/mol. The predicted molar refractivity (Wildman–Crippen MR) is 68.2 cm³/mol. The van der Waals surface area contributed by atoms with Gasteiger partial charge in [0.05, 0.1) is 13.7 Å². The van der Waals surface area contributed by atoms with E-state index in [4.69, 9.17) is 9.47 Å². The third kappa shape index (κ3) is 2.89. The molecule has 1 fully saturated rings.